The number of nitrogens with two attached hydrogens (primary N) is 1. The zero-order valence-electron chi connectivity index (χ0n) is 25.4. The first-order chi connectivity index (χ1) is 21.3. The molecule has 2 unspecified atom stereocenters. The fraction of sp³-hybridized carbons (Fsp3) is 0.364. The van der Waals surface area contributed by atoms with Gasteiger partial charge < -0.3 is 30.6 Å². The molecule has 1 fully saturated rings. The number of piperazine rings is 1. The summed E-state index contributed by atoms with van der Waals surface area (Å²) in [5, 5.41) is 7.20. The zero-order chi connectivity index (χ0) is 31.1. The van der Waals surface area contributed by atoms with Gasteiger partial charge in [-0.05, 0) is 62.7 Å². The highest BCUT2D eigenvalue weighted by molar-refractivity contribution is 6.03. The average Bonchev–Trinajstić information content (AvgIpc) is 3.40. The highest BCUT2D eigenvalue weighted by Crippen LogP contribution is 2.32. The number of benzene rings is 2. The van der Waals surface area contributed by atoms with Gasteiger partial charge in [-0.25, -0.2) is 9.78 Å². The molecule has 11 heteroatoms. The topological polar surface area (TPSA) is 133 Å². The SMILES string of the molecule is CCOCCOCc1cc2c(ccn2C(N)=O)cc1Oc1ccnc(NC(=O)c2ccc(CN3CC(C)NC(C)C3)cc2)c1. The highest BCUT2D eigenvalue weighted by atomic mass is 16.5. The Morgan fingerprint density at radius 2 is 1.77 bits per heavy atom. The van der Waals surface area contributed by atoms with E-state index in [4.69, 9.17) is 19.9 Å². The molecule has 0 bridgehead atoms. The van der Waals surface area contributed by atoms with Gasteiger partial charge in [0.2, 0.25) is 0 Å². The molecule has 0 radical (unpaired) electrons. The van der Waals surface area contributed by atoms with Crippen LogP contribution in [0.4, 0.5) is 10.6 Å². The summed E-state index contributed by atoms with van der Waals surface area (Å²) in [5.41, 5.74) is 8.63. The van der Waals surface area contributed by atoms with Crippen LogP contribution in [0.25, 0.3) is 10.9 Å². The smallest absolute Gasteiger partial charge is 0.323 e. The van der Waals surface area contributed by atoms with Gasteiger partial charge in [-0.15, -0.1) is 0 Å². The van der Waals surface area contributed by atoms with Gasteiger partial charge in [0.25, 0.3) is 5.91 Å². The van der Waals surface area contributed by atoms with Crippen molar-refractivity contribution in [2.45, 2.75) is 46.0 Å². The minimum Gasteiger partial charge on any atom is -0.457 e. The lowest BCUT2D eigenvalue weighted by atomic mass is 10.1. The molecule has 2 atom stereocenters. The van der Waals surface area contributed by atoms with Gasteiger partial charge >= 0.3 is 6.03 Å². The van der Waals surface area contributed by atoms with E-state index in [-0.39, 0.29) is 12.5 Å². The summed E-state index contributed by atoms with van der Waals surface area (Å²) >= 11 is 0. The number of carbonyl (C=O) groups excluding carboxylic acids is 2. The molecule has 2 aromatic heterocycles. The summed E-state index contributed by atoms with van der Waals surface area (Å²) in [6.07, 6.45) is 3.19. The Balaban J connectivity index is 1.26. The molecule has 11 nitrogen and oxygen atoms in total. The van der Waals surface area contributed by atoms with Crippen molar-refractivity contribution in [3.05, 3.63) is 83.7 Å². The molecule has 2 amide bonds. The van der Waals surface area contributed by atoms with E-state index in [2.05, 4.69) is 34.4 Å². The molecule has 5 rings (SSSR count). The van der Waals surface area contributed by atoms with Crippen LogP contribution in [0.5, 0.6) is 11.5 Å². The Bertz CT molecular complexity index is 1580. The first-order valence-corrected chi connectivity index (χ1v) is 14.9. The van der Waals surface area contributed by atoms with Gasteiger partial charge in [-0.1, -0.05) is 12.1 Å². The second-order valence-electron chi connectivity index (χ2n) is 11.1. The lowest BCUT2D eigenvalue weighted by Gasteiger charge is -2.36. The Hall–Kier alpha value is -4.29. The van der Waals surface area contributed by atoms with E-state index < -0.39 is 6.03 Å². The molecule has 0 saturated carbocycles. The summed E-state index contributed by atoms with van der Waals surface area (Å²) in [4.78, 5) is 31.7. The van der Waals surface area contributed by atoms with Crippen LogP contribution >= 0.6 is 0 Å². The molecule has 44 heavy (non-hydrogen) atoms. The van der Waals surface area contributed by atoms with Crippen molar-refractivity contribution in [2.24, 2.45) is 5.73 Å². The van der Waals surface area contributed by atoms with E-state index in [9.17, 15) is 9.59 Å². The van der Waals surface area contributed by atoms with Gasteiger partial charge in [-0.2, -0.15) is 0 Å². The predicted octanol–water partition coefficient (Wildman–Crippen LogP) is 4.74. The fourth-order valence-corrected chi connectivity index (χ4v) is 5.50. The first-order valence-electron chi connectivity index (χ1n) is 14.9. The Morgan fingerprint density at radius 3 is 2.50 bits per heavy atom. The van der Waals surface area contributed by atoms with E-state index in [0.717, 1.165) is 36.1 Å². The number of primary amides is 1. The van der Waals surface area contributed by atoms with Crippen molar-refractivity contribution < 1.29 is 23.8 Å². The molecular formula is C33H40N6O5. The molecule has 1 aliphatic rings. The number of rotatable bonds is 12. The number of amides is 2. The standard InChI is InChI=1S/C33H40N6O5/c1-4-42-13-14-43-21-27-15-29-26(10-12-39(29)33(34)41)16-30(27)44-28-9-11-35-31(17-28)37-32(40)25-7-5-24(6-8-25)20-38-18-22(2)36-23(3)19-38/h5-12,15-17,22-23,36H,4,13-14,18-21H2,1-3H3,(H2,34,41)(H,35,37,40). The Labute approximate surface area is 257 Å². The zero-order valence-corrected chi connectivity index (χ0v) is 25.4. The monoisotopic (exact) mass is 600 g/mol. The van der Waals surface area contributed by atoms with Crippen molar-refractivity contribution in [1.29, 1.82) is 0 Å². The molecule has 3 heterocycles. The van der Waals surface area contributed by atoms with Crippen LogP contribution in [-0.4, -0.2) is 71.4 Å². The van der Waals surface area contributed by atoms with Gasteiger partial charge in [0, 0.05) is 73.3 Å². The van der Waals surface area contributed by atoms with Crippen LogP contribution in [0, 0.1) is 0 Å². The number of nitrogens with zero attached hydrogens (tertiary/aromatic N) is 3. The number of aromatic nitrogens is 2. The molecule has 1 aliphatic heterocycles. The molecule has 1 saturated heterocycles. The second-order valence-corrected chi connectivity index (χ2v) is 11.1. The predicted molar refractivity (Wildman–Crippen MR) is 169 cm³/mol. The lowest BCUT2D eigenvalue weighted by Crippen LogP contribution is -2.53. The number of hydrogen-bond donors (Lipinski definition) is 3. The normalized spacial score (nSPS) is 17.1. The van der Waals surface area contributed by atoms with Gasteiger partial charge in [0.05, 0.1) is 25.3 Å². The molecule has 4 N–H and O–H groups in total. The van der Waals surface area contributed by atoms with Crippen LogP contribution in [-0.2, 0) is 22.6 Å². The molecule has 232 valence electrons. The molecular weight excluding hydrogens is 560 g/mol. The van der Waals surface area contributed by atoms with Crippen molar-refractivity contribution in [3.63, 3.8) is 0 Å². The largest absolute Gasteiger partial charge is 0.457 e. The van der Waals surface area contributed by atoms with Crippen molar-refractivity contribution in [3.8, 4) is 11.5 Å². The van der Waals surface area contributed by atoms with E-state index in [0.29, 0.717) is 60.3 Å². The van der Waals surface area contributed by atoms with E-state index in [1.165, 1.54) is 4.57 Å². The maximum atomic E-state index is 13.0. The van der Waals surface area contributed by atoms with Crippen LogP contribution in [0.1, 0.15) is 42.3 Å². The third-order valence-corrected chi connectivity index (χ3v) is 7.40. The van der Waals surface area contributed by atoms with Gasteiger partial charge in [0.1, 0.15) is 17.3 Å². The number of pyridine rings is 1. The first kappa shape index (κ1) is 31.1. The average molecular weight is 601 g/mol. The minimum atomic E-state index is -0.579. The third kappa shape index (κ3) is 8.00. The van der Waals surface area contributed by atoms with Crippen molar-refractivity contribution in [1.82, 2.24) is 19.8 Å². The van der Waals surface area contributed by atoms with Crippen molar-refractivity contribution >= 4 is 28.7 Å². The number of nitrogens with one attached hydrogen (secondary N) is 2. The minimum absolute atomic E-state index is 0.236. The third-order valence-electron chi connectivity index (χ3n) is 7.40. The van der Waals surface area contributed by atoms with E-state index in [1.54, 1.807) is 30.6 Å². The summed E-state index contributed by atoms with van der Waals surface area (Å²) in [7, 11) is 0. The molecule has 4 aromatic rings. The van der Waals surface area contributed by atoms with Crippen LogP contribution in [0.15, 0.2) is 67.0 Å². The quantitative estimate of drug-likeness (QED) is 0.199. The summed E-state index contributed by atoms with van der Waals surface area (Å²) in [5.74, 6) is 1.12. The van der Waals surface area contributed by atoms with Crippen LogP contribution < -0.4 is 21.1 Å². The number of anilines is 1. The van der Waals surface area contributed by atoms with Gasteiger partial charge in [0.15, 0.2) is 0 Å². The van der Waals surface area contributed by atoms with Gasteiger partial charge in [-0.3, -0.25) is 14.3 Å². The molecule has 2 aromatic carbocycles. The Kier molecular flexibility index (Phi) is 10.2. The van der Waals surface area contributed by atoms with Crippen LogP contribution in [0.2, 0.25) is 0 Å². The van der Waals surface area contributed by atoms with Crippen LogP contribution in [0.3, 0.4) is 0 Å². The number of hydrogen-bond acceptors (Lipinski definition) is 8. The lowest BCUT2D eigenvalue weighted by molar-refractivity contribution is 0.0448. The number of carbonyl (C=O) groups is 2. The molecule has 0 aliphatic carbocycles. The number of ether oxygens (including phenoxy) is 3. The molecule has 0 spiro atoms. The maximum Gasteiger partial charge on any atom is 0.323 e. The maximum absolute atomic E-state index is 13.0. The fourth-order valence-electron chi connectivity index (χ4n) is 5.50. The van der Waals surface area contributed by atoms with Crippen molar-refractivity contribution in [2.75, 3.05) is 38.2 Å². The van der Waals surface area contributed by atoms with E-state index >= 15 is 0 Å². The second kappa shape index (κ2) is 14.5. The number of fused-ring (bicyclic) bond motifs is 1. The summed E-state index contributed by atoms with van der Waals surface area (Å²) < 4.78 is 18.8. The summed E-state index contributed by atoms with van der Waals surface area (Å²) in [6.45, 7) is 10.9. The van der Waals surface area contributed by atoms with E-state index in [1.807, 2.05) is 43.3 Å². The summed E-state index contributed by atoms with van der Waals surface area (Å²) in [6, 6.07) is 16.8. The Morgan fingerprint density at radius 1 is 1.02 bits per heavy atom. The highest BCUT2D eigenvalue weighted by Gasteiger charge is 2.21.